The maximum Gasteiger partial charge on any atom is 0.352 e. The molecular weight excluding hydrogens is 1110 g/mol. The lowest BCUT2D eigenvalue weighted by atomic mass is 10.0. The van der Waals surface area contributed by atoms with Gasteiger partial charge in [0.2, 0.25) is 11.8 Å². The molecule has 8 rings (SSSR count). The smallest absolute Gasteiger partial charge is 0.352 e. The first-order valence-corrected chi connectivity index (χ1v) is 28.0. The maximum atomic E-state index is 13.8. The van der Waals surface area contributed by atoms with Crippen LogP contribution in [0.2, 0.25) is 0 Å². The Balaban J connectivity index is 0.838. The molecule has 0 spiro atoms. The van der Waals surface area contributed by atoms with Crippen molar-refractivity contribution in [3.63, 3.8) is 0 Å². The number of nitrogens with one attached hydrogen (secondary N) is 2. The van der Waals surface area contributed by atoms with E-state index in [2.05, 4.69) is 30.9 Å². The summed E-state index contributed by atoms with van der Waals surface area (Å²) in [7, 11) is 4.18. The van der Waals surface area contributed by atoms with Crippen molar-refractivity contribution < 1.29 is 67.4 Å². The number of carbonyl (C=O) groups excluding carboxylic acids is 6. The average molecular weight is 1160 g/mol. The Kier molecular flexibility index (Phi) is 17.9. The number of nitrogen functional groups attached to an aromatic ring is 2. The molecular formula is C48H55N15O12S4+2. The lowest BCUT2D eigenvalue weighted by molar-refractivity contribution is -0.689. The van der Waals surface area contributed by atoms with E-state index in [-0.39, 0.29) is 107 Å². The van der Waals surface area contributed by atoms with Crippen LogP contribution >= 0.6 is 46.2 Å². The van der Waals surface area contributed by atoms with Gasteiger partial charge in [-0.3, -0.25) is 43.5 Å². The number of aromatic nitrogens is 4. The number of carbonyl (C=O) groups is 8. The Morgan fingerprint density at radius 2 is 1.24 bits per heavy atom. The number of amides is 6. The van der Waals surface area contributed by atoms with Gasteiger partial charge in [0.25, 0.3) is 23.6 Å². The van der Waals surface area contributed by atoms with Gasteiger partial charge in [0.15, 0.2) is 59.6 Å². The number of thioether (sulfide) groups is 2. The van der Waals surface area contributed by atoms with Gasteiger partial charge in [-0.2, -0.15) is 4.57 Å². The summed E-state index contributed by atoms with van der Waals surface area (Å²) in [5.74, 6) is -5.31. The molecule has 2 saturated heterocycles. The van der Waals surface area contributed by atoms with Crippen molar-refractivity contribution in [2.24, 2.45) is 10.3 Å². The van der Waals surface area contributed by atoms with Crippen LogP contribution in [-0.2, 0) is 67.7 Å². The number of rotatable bonds is 23. The normalized spacial score (nSPS) is 19.0. The standard InChI is InChI=1S/C48H53N15O12S4/c1-6-60(15-25-10-13-58(14-11-25)16-26-21-76-43-35(41(68)62(43)37(26)45(70)71)53-39(66)33(55-74-4)29-23-78-47(49)51-29)31(64)19-57(3)20-32(65)61(7-2)28-9-8-12-59(18-28)17-27-22-77-44-36(42(69)63(44)38(27)46(72)73)54-40(67)34(56-75-5)30-24-79-48(50)52-30/h8-14,18,23-24,35-36,43-44H,6-7,15-17,19-22H2,1-5H3,(H6-2,49,50,51,52,53,54,66,67,70,71,72,73)/p+2/b55-33-,56-34+. The summed E-state index contributed by atoms with van der Waals surface area (Å²) in [6, 6.07) is 5.03. The van der Waals surface area contributed by atoms with Gasteiger partial charge in [0.05, 0.1) is 13.1 Å². The summed E-state index contributed by atoms with van der Waals surface area (Å²) in [6.45, 7) is 4.62. The fourth-order valence-electron chi connectivity index (χ4n) is 9.12. The third-order valence-electron chi connectivity index (χ3n) is 12.8. The number of aliphatic carboxylic acids is 2. The van der Waals surface area contributed by atoms with E-state index in [0.717, 1.165) is 33.1 Å². The molecule has 0 aliphatic carbocycles. The molecule has 27 nitrogen and oxygen atoms in total. The first kappa shape index (κ1) is 57.2. The van der Waals surface area contributed by atoms with E-state index in [0.29, 0.717) is 23.4 Å². The van der Waals surface area contributed by atoms with E-state index in [1.807, 2.05) is 26.0 Å². The van der Waals surface area contributed by atoms with Crippen LogP contribution in [0.15, 0.2) is 92.7 Å². The number of fused-ring (bicyclic) bond motifs is 2. The van der Waals surface area contributed by atoms with Gasteiger partial charge in [-0.05, 0) is 32.5 Å². The van der Waals surface area contributed by atoms with Crippen molar-refractivity contribution in [2.45, 2.75) is 56.3 Å². The lowest BCUT2D eigenvalue weighted by Crippen LogP contribution is -2.71. The zero-order chi connectivity index (χ0) is 56.8. The van der Waals surface area contributed by atoms with Crippen LogP contribution in [0, 0.1) is 0 Å². The summed E-state index contributed by atoms with van der Waals surface area (Å²) in [4.78, 5) is 131. The van der Waals surface area contributed by atoms with E-state index >= 15 is 0 Å². The second kappa shape index (κ2) is 24.8. The predicted octanol–water partition coefficient (Wildman–Crippen LogP) is -0.749. The van der Waals surface area contributed by atoms with E-state index < -0.39 is 58.4 Å². The quantitative estimate of drug-likeness (QED) is 0.0230. The molecule has 4 aliphatic heterocycles. The number of pyridine rings is 2. The van der Waals surface area contributed by atoms with Crippen molar-refractivity contribution in [1.82, 2.24) is 40.2 Å². The molecule has 79 heavy (non-hydrogen) atoms. The highest BCUT2D eigenvalue weighted by Crippen LogP contribution is 2.42. The SMILES string of the molecule is CCN(Cc1cc[n+](CC2=C(C(=O)O)N3C(=O)C(NC(=O)/C(=N\OC)c4csc(N)n4)C3SC2)cc1)C(=O)CN(C)CC(=O)N(CC)c1ccc[n+](CC2=C(C(=O)O)N3C(=O)C(NC(=O)/C(=N/OC)c4csc(N)n4)C3SC2)c1. The lowest BCUT2D eigenvalue weighted by Gasteiger charge is -2.49. The summed E-state index contributed by atoms with van der Waals surface area (Å²) < 4.78 is 3.49. The molecule has 4 unspecified atom stereocenters. The summed E-state index contributed by atoms with van der Waals surface area (Å²) >= 11 is 4.79. The van der Waals surface area contributed by atoms with Gasteiger partial charge in [0, 0.05) is 71.2 Å². The summed E-state index contributed by atoms with van der Waals surface area (Å²) in [5, 5.41) is 35.5. The van der Waals surface area contributed by atoms with Gasteiger partial charge >= 0.3 is 11.9 Å². The van der Waals surface area contributed by atoms with E-state index in [9.17, 15) is 48.6 Å². The Bertz CT molecular complexity index is 3220. The van der Waals surface area contributed by atoms with Gasteiger partial charge in [-0.15, -0.1) is 46.2 Å². The first-order valence-electron chi connectivity index (χ1n) is 24.2. The number of hydrogen-bond acceptors (Lipinski definition) is 21. The highest BCUT2D eigenvalue weighted by molar-refractivity contribution is 8.00. The highest BCUT2D eigenvalue weighted by Gasteiger charge is 2.56. The molecule has 4 aliphatic rings. The molecule has 416 valence electrons. The van der Waals surface area contributed by atoms with Gasteiger partial charge in [-0.1, -0.05) is 10.3 Å². The largest absolute Gasteiger partial charge is 0.477 e. The number of nitrogens with two attached hydrogens (primary N) is 2. The molecule has 4 atom stereocenters. The van der Waals surface area contributed by atoms with Gasteiger partial charge < -0.3 is 51.8 Å². The second-order valence-corrected chi connectivity index (χ2v) is 21.9. The fourth-order valence-corrected chi connectivity index (χ4v) is 12.9. The van der Waals surface area contributed by atoms with Crippen molar-refractivity contribution in [1.29, 1.82) is 0 Å². The van der Waals surface area contributed by atoms with E-state index in [1.54, 1.807) is 67.8 Å². The molecule has 4 aromatic rings. The summed E-state index contributed by atoms with van der Waals surface area (Å²) in [6.07, 6.45) is 6.94. The molecule has 0 aromatic carbocycles. The molecule has 8 N–H and O–H groups in total. The predicted molar refractivity (Wildman–Crippen MR) is 289 cm³/mol. The van der Waals surface area contributed by atoms with Crippen LogP contribution in [0.25, 0.3) is 0 Å². The topological polar surface area (TPSA) is 346 Å². The Morgan fingerprint density at radius 1 is 0.747 bits per heavy atom. The monoisotopic (exact) mass is 1160 g/mol. The first-order chi connectivity index (χ1) is 37.8. The zero-order valence-electron chi connectivity index (χ0n) is 43.1. The molecule has 0 saturated carbocycles. The minimum atomic E-state index is -1.31. The molecule has 8 heterocycles. The number of carboxylic acid groups (broad SMARTS) is 2. The van der Waals surface area contributed by atoms with Crippen LogP contribution in [-0.4, -0.2) is 180 Å². The van der Waals surface area contributed by atoms with Crippen molar-refractivity contribution in [3.05, 3.63) is 99.3 Å². The molecule has 0 radical (unpaired) electrons. The number of thiazole rings is 2. The number of oxime groups is 2. The summed E-state index contributed by atoms with van der Waals surface area (Å²) in [5.41, 5.74) is 13.3. The van der Waals surface area contributed by atoms with E-state index in [4.69, 9.17) is 21.1 Å². The number of hydrogen-bond donors (Lipinski definition) is 6. The number of likely N-dealkylation sites (N-methyl/N-ethyl adjacent to an activating group) is 3. The third-order valence-corrected chi connectivity index (χ3v) is 16.8. The van der Waals surface area contributed by atoms with Crippen LogP contribution < -0.4 is 36.1 Å². The minimum Gasteiger partial charge on any atom is -0.477 e. The second-order valence-electron chi connectivity index (χ2n) is 18.0. The van der Waals surface area contributed by atoms with Gasteiger partial charge in [0.1, 0.15) is 65.5 Å². The highest BCUT2D eigenvalue weighted by atomic mass is 32.2. The Hall–Kier alpha value is -8.00. The van der Waals surface area contributed by atoms with Crippen LogP contribution in [0.4, 0.5) is 16.0 Å². The number of nitrogens with zero attached hydrogens (tertiary/aromatic N) is 11. The fraction of sp³-hybridized carbons (Fsp3) is 0.375. The number of β-lactam (4-membered cyclic amide) rings is 2. The molecule has 0 bridgehead atoms. The number of anilines is 3. The van der Waals surface area contributed by atoms with Crippen molar-refractivity contribution in [3.8, 4) is 0 Å². The van der Waals surface area contributed by atoms with E-state index in [1.165, 1.54) is 53.4 Å². The Morgan fingerprint density at radius 3 is 1.68 bits per heavy atom. The molecule has 4 aromatic heterocycles. The average Bonchev–Trinajstić information content (AvgIpc) is 4.24. The van der Waals surface area contributed by atoms with Crippen molar-refractivity contribution in [2.75, 3.05) is 75.3 Å². The van der Waals surface area contributed by atoms with Crippen molar-refractivity contribution >= 4 is 121 Å². The molecule has 2 fully saturated rings. The Labute approximate surface area is 467 Å². The van der Waals surface area contributed by atoms with Crippen LogP contribution in [0.3, 0.4) is 0 Å². The minimum absolute atomic E-state index is 0.0699. The zero-order valence-corrected chi connectivity index (χ0v) is 46.4. The molecule has 6 amide bonds. The maximum absolute atomic E-state index is 13.8. The third kappa shape index (κ3) is 12.3. The van der Waals surface area contributed by atoms with Crippen LogP contribution in [0.1, 0.15) is 30.8 Å². The number of carboxylic acids is 2. The van der Waals surface area contributed by atoms with Crippen LogP contribution in [0.5, 0.6) is 0 Å². The molecule has 31 heteroatoms. The van der Waals surface area contributed by atoms with Gasteiger partial charge in [-0.25, -0.2) is 24.1 Å².